The van der Waals surface area contributed by atoms with E-state index in [9.17, 15) is 133 Å². The maximum absolute atomic E-state index is 14.3. The third kappa shape index (κ3) is 5.08. The van der Waals surface area contributed by atoms with Crippen molar-refractivity contribution in [2.75, 3.05) is 0 Å². The van der Waals surface area contributed by atoms with Crippen molar-refractivity contribution < 1.29 is 142 Å². The molecule has 2 aliphatic rings. The van der Waals surface area contributed by atoms with Crippen LogP contribution in [0.4, 0.5) is 123 Å². The molecule has 0 bridgehead atoms. The number of esters is 2. The molecule has 0 unspecified atom stereocenters. The van der Waals surface area contributed by atoms with Gasteiger partial charge in [0.1, 0.15) is 0 Å². The van der Waals surface area contributed by atoms with E-state index in [0.29, 0.717) is 0 Å². The Balaban J connectivity index is 2.74. The number of carbonyl (C=O) groups excluding carboxylic acids is 2. The van der Waals surface area contributed by atoms with Gasteiger partial charge < -0.3 is 9.47 Å². The van der Waals surface area contributed by atoms with Crippen molar-refractivity contribution in [3.63, 3.8) is 0 Å². The Bertz CT molecular complexity index is 1440. The Labute approximate surface area is 269 Å². The van der Waals surface area contributed by atoms with Crippen LogP contribution >= 0.6 is 0 Å². The molecule has 2 rings (SSSR count). The van der Waals surface area contributed by atoms with Crippen LogP contribution in [0, 0.1) is 0 Å². The lowest BCUT2D eigenvalue weighted by Gasteiger charge is -2.48. The molecule has 32 heteroatoms. The van der Waals surface area contributed by atoms with Crippen LogP contribution in [0.1, 0.15) is 6.92 Å². The van der Waals surface area contributed by atoms with Crippen molar-refractivity contribution in [1.29, 1.82) is 0 Å². The van der Waals surface area contributed by atoms with Gasteiger partial charge in [0.05, 0.1) is 0 Å². The number of halogens is 28. The standard InChI is InChI=1S/C21H6F28O4/c1-3(5(51)53-7-10(26,27)14(34,35)18(42,43)21(48,49)19(44,45)15(36,37)11(7,28)29)2-4(50)52-6-8(22,23)12(30,31)16(38,39)20(46,47)17(40,41)13(32,33)9(6,24)25/h2,6-7H,1H3/b3-2-. The molecular formula is C21H6F28O4. The fourth-order valence-corrected chi connectivity index (χ4v) is 4.02. The van der Waals surface area contributed by atoms with Gasteiger partial charge in [-0.3, -0.25) is 0 Å². The number of ether oxygens (including phenoxy) is 2. The molecule has 0 amide bonds. The molecule has 310 valence electrons. The lowest BCUT2D eigenvalue weighted by molar-refractivity contribution is -0.480. The molecule has 4 nitrogen and oxygen atoms in total. The molecule has 0 radical (unpaired) electrons. The highest BCUT2D eigenvalue weighted by Crippen LogP contribution is 2.69. The summed E-state index contributed by atoms with van der Waals surface area (Å²) in [6.07, 6.45) is -14.7. The Morgan fingerprint density at radius 3 is 0.774 bits per heavy atom. The molecular weight excluding hydrogens is 848 g/mol. The van der Waals surface area contributed by atoms with Gasteiger partial charge in [0.25, 0.3) is 0 Å². The van der Waals surface area contributed by atoms with Crippen molar-refractivity contribution in [2.24, 2.45) is 0 Å². The molecule has 2 aliphatic carbocycles. The van der Waals surface area contributed by atoms with E-state index in [1.807, 2.05) is 0 Å². The highest BCUT2D eigenvalue weighted by molar-refractivity contribution is 5.96. The maximum Gasteiger partial charge on any atom is 0.384 e. The van der Waals surface area contributed by atoms with Gasteiger partial charge in [0.15, 0.2) is 0 Å². The second kappa shape index (κ2) is 11.4. The first kappa shape index (κ1) is 45.9. The molecule has 0 spiro atoms. The predicted octanol–water partition coefficient (Wildman–Crippen LogP) is 8.68. The Kier molecular flexibility index (Phi) is 9.85. The van der Waals surface area contributed by atoms with Gasteiger partial charge in [-0.25, -0.2) is 9.59 Å². The van der Waals surface area contributed by atoms with Crippen LogP contribution in [-0.4, -0.2) is 107 Å². The molecule has 0 saturated heterocycles. The fourth-order valence-electron chi connectivity index (χ4n) is 4.02. The average molecular weight is 854 g/mol. The molecule has 0 aliphatic heterocycles. The smallest absolute Gasteiger partial charge is 0.384 e. The van der Waals surface area contributed by atoms with Crippen molar-refractivity contribution in [2.45, 2.75) is 102 Å². The predicted molar refractivity (Wildman–Crippen MR) is 103 cm³/mol. The lowest BCUT2D eigenvalue weighted by atomic mass is 9.80. The van der Waals surface area contributed by atoms with Crippen LogP contribution in [0.25, 0.3) is 0 Å². The molecule has 0 atom stereocenters. The van der Waals surface area contributed by atoms with E-state index < -0.39 is 126 Å². The van der Waals surface area contributed by atoms with Gasteiger partial charge in [-0.1, -0.05) is 0 Å². The minimum Gasteiger partial charge on any atom is -0.446 e. The second-order valence-corrected chi connectivity index (χ2v) is 10.7. The quantitative estimate of drug-likeness (QED) is 0.162. The first-order chi connectivity index (χ1) is 22.7. The van der Waals surface area contributed by atoms with Crippen LogP contribution in [-0.2, 0) is 19.1 Å². The minimum atomic E-state index is -8.56. The highest BCUT2D eigenvalue weighted by atomic mass is 19.4. The highest BCUT2D eigenvalue weighted by Gasteiger charge is 3.00. The Hall–Kier alpha value is -3.28. The summed E-state index contributed by atoms with van der Waals surface area (Å²) >= 11 is 0. The SMILES string of the molecule is C/C(=C/C(=O)OC1C(F)(F)C(F)(F)C(F)(F)C(F)(F)C(F)(F)C(F)(F)C1(F)F)C(=O)OC1C(F)(F)C(F)(F)C(F)(F)C(F)(F)C(F)(F)C(F)(F)C1(F)F. The Morgan fingerprint density at radius 2 is 0.547 bits per heavy atom. The molecule has 2 saturated carbocycles. The zero-order valence-corrected chi connectivity index (χ0v) is 23.4. The number of alkyl halides is 28. The van der Waals surface area contributed by atoms with Gasteiger partial charge in [0, 0.05) is 11.6 Å². The van der Waals surface area contributed by atoms with Crippen molar-refractivity contribution in [1.82, 2.24) is 0 Å². The molecule has 0 aromatic rings. The normalized spacial score (nSPS) is 31.1. The van der Waals surface area contributed by atoms with Crippen LogP contribution in [0.5, 0.6) is 0 Å². The maximum atomic E-state index is 14.3. The monoisotopic (exact) mass is 854 g/mol. The number of carbonyl (C=O) groups is 2. The van der Waals surface area contributed by atoms with Crippen LogP contribution in [0.2, 0.25) is 0 Å². The van der Waals surface area contributed by atoms with Gasteiger partial charge >= 0.3 is 94.9 Å². The molecule has 0 heterocycles. The summed E-state index contributed by atoms with van der Waals surface area (Å²) in [5.74, 6) is -125. The molecule has 0 aromatic carbocycles. The first-order valence-corrected chi connectivity index (χ1v) is 12.1. The summed E-state index contributed by atoms with van der Waals surface area (Å²) in [5, 5.41) is 0. The first-order valence-electron chi connectivity index (χ1n) is 12.1. The summed E-state index contributed by atoms with van der Waals surface area (Å²) in [7, 11) is 0. The van der Waals surface area contributed by atoms with Gasteiger partial charge in [-0.2, -0.15) is 123 Å². The lowest BCUT2D eigenvalue weighted by Crippen LogP contribution is -2.80. The third-order valence-electron chi connectivity index (χ3n) is 7.26. The summed E-state index contributed by atoms with van der Waals surface area (Å²) < 4.78 is 394. The molecule has 0 N–H and O–H groups in total. The number of rotatable bonds is 4. The van der Waals surface area contributed by atoms with Crippen LogP contribution in [0.3, 0.4) is 0 Å². The third-order valence-corrected chi connectivity index (χ3v) is 7.26. The van der Waals surface area contributed by atoms with E-state index in [2.05, 4.69) is 9.47 Å². The molecule has 2 fully saturated rings. The summed E-state index contributed by atoms with van der Waals surface area (Å²) in [6.45, 7) is -0.586. The minimum absolute atomic E-state index is 0.586. The van der Waals surface area contributed by atoms with Crippen LogP contribution in [0.15, 0.2) is 11.6 Å². The van der Waals surface area contributed by atoms with Crippen molar-refractivity contribution >= 4 is 11.9 Å². The zero-order valence-electron chi connectivity index (χ0n) is 23.4. The van der Waals surface area contributed by atoms with E-state index in [-0.39, 0.29) is 0 Å². The number of hydrogen-bond acceptors (Lipinski definition) is 4. The summed E-state index contributed by atoms with van der Waals surface area (Å²) in [6, 6.07) is 0. The average Bonchev–Trinajstić information content (AvgIpc) is 2.95. The van der Waals surface area contributed by atoms with Crippen molar-refractivity contribution in [3.8, 4) is 0 Å². The van der Waals surface area contributed by atoms with E-state index >= 15 is 0 Å². The van der Waals surface area contributed by atoms with E-state index in [1.165, 1.54) is 0 Å². The van der Waals surface area contributed by atoms with E-state index in [0.717, 1.165) is 0 Å². The topological polar surface area (TPSA) is 52.6 Å². The summed E-state index contributed by atoms with van der Waals surface area (Å²) in [4.78, 5) is 23.7. The fraction of sp³-hybridized carbons (Fsp3) is 0.810. The molecule has 53 heavy (non-hydrogen) atoms. The van der Waals surface area contributed by atoms with Crippen LogP contribution < -0.4 is 0 Å². The second-order valence-electron chi connectivity index (χ2n) is 10.7. The summed E-state index contributed by atoms with van der Waals surface area (Å²) in [5.41, 5.74) is -2.70. The van der Waals surface area contributed by atoms with Gasteiger partial charge in [-0.15, -0.1) is 0 Å². The largest absolute Gasteiger partial charge is 0.446 e. The number of hydrogen-bond donors (Lipinski definition) is 0. The van der Waals surface area contributed by atoms with Gasteiger partial charge in [-0.05, 0) is 6.92 Å². The van der Waals surface area contributed by atoms with Gasteiger partial charge in [0.2, 0.25) is 12.2 Å². The van der Waals surface area contributed by atoms with E-state index in [4.69, 9.17) is 0 Å². The van der Waals surface area contributed by atoms with Crippen molar-refractivity contribution in [3.05, 3.63) is 11.6 Å². The zero-order chi connectivity index (χ0) is 43.0. The van der Waals surface area contributed by atoms with E-state index in [1.54, 1.807) is 0 Å². The Morgan fingerprint density at radius 1 is 0.358 bits per heavy atom. The molecule has 0 aromatic heterocycles.